The molecule has 0 radical (unpaired) electrons. The van der Waals surface area contributed by atoms with Crippen LogP contribution >= 0.6 is 0 Å². The van der Waals surface area contributed by atoms with E-state index in [0.29, 0.717) is 0 Å². The van der Waals surface area contributed by atoms with Crippen LogP contribution in [0.5, 0.6) is 0 Å². The molecule has 0 amide bonds. The standard InChI is InChI=1S/C22H44O2Si2/c1-13-15-16-18-20(24-26(11,12)22(6,7)8)19(17-14-2)23-25(9,10)21(3,4)5/h13,19-20H,1,15-16,18H2,2-12H3/t19-,20-/m0/s1. The molecule has 0 aliphatic rings. The lowest BCUT2D eigenvalue weighted by molar-refractivity contribution is 0.0617. The fraction of sp³-hybridized carbons (Fsp3) is 0.818. The molecular weight excluding hydrogens is 352 g/mol. The van der Waals surface area contributed by atoms with Gasteiger partial charge in [0, 0.05) is 0 Å². The molecule has 2 atom stereocenters. The third-order valence-electron chi connectivity index (χ3n) is 6.00. The molecule has 0 unspecified atom stereocenters. The molecule has 0 fully saturated rings. The van der Waals surface area contributed by atoms with E-state index in [4.69, 9.17) is 8.85 Å². The topological polar surface area (TPSA) is 18.5 Å². The second kappa shape index (κ2) is 9.73. The van der Waals surface area contributed by atoms with Gasteiger partial charge in [0.15, 0.2) is 16.6 Å². The minimum absolute atomic E-state index is 0.0254. The summed E-state index contributed by atoms with van der Waals surface area (Å²) in [6.07, 6.45) is 4.89. The van der Waals surface area contributed by atoms with Gasteiger partial charge in [-0.05, 0) is 62.5 Å². The molecule has 0 saturated carbocycles. The molecule has 0 aromatic heterocycles. The first kappa shape index (κ1) is 25.7. The molecule has 0 bridgehead atoms. The fourth-order valence-electron chi connectivity index (χ4n) is 2.13. The number of allylic oxidation sites excluding steroid dienone is 1. The van der Waals surface area contributed by atoms with Crippen molar-refractivity contribution in [3.8, 4) is 11.8 Å². The summed E-state index contributed by atoms with van der Waals surface area (Å²) in [5.74, 6) is 6.45. The third-order valence-corrected chi connectivity index (χ3v) is 15.0. The molecule has 2 nitrogen and oxygen atoms in total. The van der Waals surface area contributed by atoms with Gasteiger partial charge in [-0.25, -0.2) is 0 Å². The Morgan fingerprint density at radius 1 is 0.923 bits per heavy atom. The van der Waals surface area contributed by atoms with Crippen LogP contribution in [0.2, 0.25) is 36.3 Å². The largest absolute Gasteiger partial charge is 0.410 e. The van der Waals surface area contributed by atoms with E-state index in [1.807, 2.05) is 13.0 Å². The van der Waals surface area contributed by atoms with Gasteiger partial charge in [-0.15, -0.1) is 12.5 Å². The highest BCUT2D eigenvalue weighted by Crippen LogP contribution is 2.41. The zero-order chi connectivity index (χ0) is 20.8. The Kier molecular flexibility index (Phi) is 9.60. The Morgan fingerprint density at radius 2 is 1.38 bits per heavy atom. The van der Waals surface area contributed by atoms with Gasteiger partial charge >= 0.3 is 0 Å². The molecule has 152 valence electrons. The molecule has 0 saturated heterocycles. The number of hydrogen-bond acceptors (Lipinski definition) is 2. The Balaban J connectivity index is 5.68. The van der Waals surface area contributed by atoms with Crippen LogP contribution in [0.1, 0.15) is 67.7 Å². The van der Waals surface area contributed by atoms with Gasteiger partial charge in [-0.1, -0.05) is 53.5 Å². The van der Waals surface area contributed by atoms with Crippen molar-refractivity contribution in [2.24, 2.45) is 0 Å². The van der Waals surface area contributed by atoms with Crippen molar-refractivity contribution in [3.63, 3.8) is 0 Å². The lowest BCUT2D eigenvalue weighted by Crippen LogP contribution is -2.51. The van der Waals surface area contributed by atoms with E-state index in [2.05, 4.69) is 86.2 Å². The lowest BCUT2D eigenvalue weighted by Gasteiger charge is -2.44. The van der Waals surface area contributed by atoms with Crippen molar-refractivity contribution < 1.29 is 8.85 Å². The monoisotopic (exact) mass is 396 g/mol. The summed E-state index contributed by atoms with van der Waals surface area (Å²) >= 11 is 0. The van der Waals surface area contributed by atoms with Gasteiger partial charge in [0.25, 0.3) is 0 Å². The summed E-state index contributed by atoms with van der Waals surface area (Å²) in [5, 5.41) is 0.328. The minimum Gasteiger partial charge on any atom is -0.410 e. The van der Waals surface area contributed by atoms with E-state index < -0.39 is 16.6 Å². The molecule has 0 heterocycles. The average Bonchev–Trinajstić information content (AvgIpc) is 2.43. The van der Waals surface area contributed by atoms with Crippen molar-refractivity contribution in [2.75, 3.05) is 0 Å². The number of unbranched alkanes of at least 4 members (excludes halogenated alkanes) is 1. The van der Waals surface area contributed by atoms with E-state index in [9.17, 15) is 0 Å². The van der Waals surface area contributed by atoms with Gasteiger partial charge in [-0.3, -0.25) is 0 Å². The van der Waals surface area contributed by atoms with Gasteiger partial charge < -0.3 is 8.85 Å². The smallest absolute Gasteiger partial charge is 0.193 e. The molecule has 0 aromatic rings. The first-order valence-electron chi connectivity index (χ1n) is 9.98. The molecule has 0 aliphatic carbocycles. The maximum absolute atomic E-state index is 6.82. The van der Waals surface area contributed by atoms with E-state index >= 15 is 0 Å². The fourth-order valence-corrected chi connectivity index (χ4v) is 4.68. The maximum Gasteiger partial charge on any atom is 0.193 e. The highest BCUT2D eigenvalue weighted by atomic mass is 28.4. The summed E-state index contributed by atoms with van der Waals surface area (Å²) in [6, 6.07) is 0. The summed E-state index contributed by atoms with van der Waals surface area (Å²) in [6.45, 7) is 28.7. The van der Waals surface area contributed by atoms with Gasteiger partial charge in [0.05, 0.1) is 6.10 Å². The summed E-state index contributed by atoms with van der Waals surface area (Å²) in [5.41, 5.74) is 0. The van der Waals surface area contributed by atoms with Gasteiger partial charge in [0.2, 0.25) is 0 Å². The van der Waals surface area contributed by atoms with Crippen LogP contribution in [0.25, 0.3) is 0 Å². The first-order chi connectivity index (χ1) is 11.6. The first-order valence-corrected chi connectivity index (χ1v) is 15.8. The third kappa shape index (κ3) is 7.72. The highest BCUT2D eigenvalue weighted by Gasteiger charge is 2.44. The zero-order valence-corrected chi connectivity index (χ0v) is 21.4. The van der Waals surface area contributed by atoms with E-state index in [1.54, 1.807) is 0 Å². The van der Waals surface area contributed by atoms with Crippen LogP contribution in [0, 0.1) is 11.8 Å². The minimum atomic E-state index is -1.92. The summed E-state index contributed by atoms with van der Waals surface area (Å²) in [4.78, 5) is 0. The molecule has 0 N–H and O–H groups in total. The van der Waals surface area contributed by atoms with Crippen molar-refractivity contribution in [2.45, 2.75) is 116 Å². The van der Waals surface area contributed by atoms with E-state index in [-0.39, 0.29) is 22.3 Å². The summed E-state index contributed by atoms with van der Waals surface area (Å²) < 4.78 is 13.6. The Morgan fingerprint density at radius 3 is 1.77 bits per heavy atom. The van der Waals surface area contributed by atoms with E-state index in [0.717, 1.165) is 19.3 Å². The Labute approximate surface area is 166 Å². The molecular formula is C22H44O2Si2. The molecule has 26 heavy (non-hydrogen) atoms. The highest BCUT2D eigenvalue weighted by molar-refractivity contribution is 6.74. The maximum atomic E-state index is 6.82. The normalized spacial score (nSPS) is 15.8. The predicted octanol–water partition coefficient (Wildman–Crippen LogP) is 7.15. The summed E-state index contributed by atoms with van der Waals surface area (Å²) in [7, 11) is -3.82. The molecule has 0 rings (SSSR count). The van der Waals surface area contributed by atoms with Gasteiger partial charge in [0.1, 0.15) is 6.10 Å². The molecule has 0 spiro atoms. The predicted molar refractivity (Wildman–Crippen MR) is 122 cm³/mol. The molecule has 0 aromatic carbocycles. The Hall–Kier alpha value is -0.346. The molecule has 4 heteroatoms. The van der Waals surface area contributed by atoms with E-state index in [1.165, 1.54) is 0 Å². The van der Waals surface area contributed by atoms with Crippen LogP contribution in [0.4, 0.5) is 0 Å². The van der Waals surface area contributed by atoms with Crippen molar-refractivity contribution >= 4 is 16.6 Å². The van der Waals surface area contributed by atoms with Crippen molar-refractivity contribution in [1.29, 1.82) is 0 Å². The van der Waals surface area contributed by atoms with Crippen LogP contribution in [0.3, 0.4) is 0 Å². The van der Waals surface area contributed by atoms with Crippen LogP contribution < -0.4 is 0 Å². The molecule has 0 aliphatic heterocycles. The lowest BCUT2D eigenvalue weighted by atomic mass is 10.1. The van der Waals surface area contributed by atoms with Crippen molar-refractivity contribution in [3.05, 3.63) is 12.7 Å². The van der Waals surface area contributed by atoms with Crippen LogP contribution in [-0.4, -0.2) is 28.8 Å². The van der Waals surface area contributed by atoms with Crippen molar-refractivity contribution in [1.82, 2.24) is 0 Å². The average molecular weight is 397 g/mol. The van der Waals surface area contributed by atoms with Crippen LogP contribution in [0.15, 0.2) is 12.7 Å². The number of hydrogen-bond donors (Lipinski definition) is 0. The Bertz CT molecular complexity index is 499. The zero-order valence-electron chi connectivity index (χ0n) is 19.4. The van der Waals surface area contributed by atoms with Gasteiger partial charge in [-0.2, -0.15) is 0 Å². The number of rotatable bonds is 9. The second-order valence-corrected chi connectivity index (χ2v) is 19.8. The SMILES string of the molecule is C=CCCC[C@H](O[Si](C)(C)C(C)(C)C)[C@H](C#CC)O[Si](C)(C)C(C)(C)C. The second-order valence-electron chi connectivity index (χ2n) is 10.3. The quantitative estimate of drug-likeness (QED) is 0.178. The van der Waals surface area contributed by atoms with Crippen LogP contribution in [-0.2, 0) is 8.85 Å².